The van der Waals surface area contributed by atoms with Gasteiger partial charge >= 0.3 is 0 Å². The second-order valence-electron chi connectivity index (χ2n) is 12.1. The summed E-state index contributed by atoms with van der Waals surface area (Å²) < 4.78 is 6.75. The molecule has 3 heteroatoms. The molecule has 0 heterocycles. The summed E-state index contributed by atoms with van der Waals surface area (Å²) in [6.45, 7) is 20.5. The first-order valence-corrected chi connectivity index (χ1v) is 15.2. The first-order chi connectivity index (χ1) is 13.8. The quantitative estimate of drug-likeness (QED) is 0.466. The average Bonchev–Trinajstić information content (AvgIpc) is 2.98. The van der Waals surface area contributed by atoms with Gasteiger partial charge in [0.15, 0.2) is 8.32 Å². The Kier molecular flexibility index (Phi) is 6.97. The molecule has 0 aromatic carbocycles. The molecule has 1 unspecified atom stereocenters. The Hall–Kier alpha value is -0.643. The lowest BCUT2D eigenvalue weighted by atomic mass is 9.62. The fraction of sp³-hybridized carbons (Fsp3) is 0.778. The van der Waals surface area contributed by atoms with E-state index >= 15 is 0 Å². The van der Waals surface area contributed by atoms with E-state index in [0.29, 0.717) is 17.9 Å². The van der Waals surface area contributed by atoms with E-state index in [-0.39, 0.29) is 16.6 Å². The minimum absolute atomic E-state index is 0.191. The van der Waals surface area contributed by atoms with Crippen molar-refractivity contribution in [3.05, 3.63) is 35.5 Å². The molecular formula is C27H46O2Si. The first kappa shape index (κ1) is 24.0. The molecule has 3 aliphatic rings. The van der Waals surface area contributed by atoms with Crippen molar-refractivity contribution < 1.29 is 9.53 Å². The van der Waals surface area contributed by atoms with Crippen LogP contribution in [0.2, 0.25) is 18.1 Å². The van der Waals surface area contributed by atoms with E-state index in [4.69, 9.17) is 4.43 Å². The van der Waals surface area contributed by atoms with Crippen LogP contribution in [0.5, 0.6) is 0 Å². The predicted octanol–water partition coefficient (Wildman–Crippen LogP) is 7.57. The SMILES string of the molecule is C=C1CCC(O[Si](C)(C)C(C)(C)C)C/C1=C\C=C1/CCC[C@]2(C)[C@@H]([C@H](C)O)CC[C@@H]12. The third kappa shape index (κ3) is 4.73. The zero-order valence-electron chi connectivity index (χ0n) is 20.7. The van der Waals surface area contributed by atoms with Crippen molar-refractivity contribution in [2.45, 2.75) is 116 Å². The number of fused-ring (bicyclic) bond motifs is 1. The maximum absolute atomic E-state index is 10.3. The largest absolute Gasteiger partial charge is 0.414 e. The van der Waals surface area contributed by atoms with E-state index in [0.717, 1.165) is 19.3 Å². The molecule has 3 saturated carbocycles. The Morgan fingerprint density at radius 3 is 2.50 bits per heavy atom. The summed E-state index contributed by atoms with van der Waals surface area (Å²) in [7, 11) is -1.74. The molecule has 0 spiro atoms. The summed E-state index contributed by atoms with van der Waals surface area (Å²) in [5, 5.41) is 10.6. The molecule has 5 atom stereocenters. The van der Waals surface area contributed by atoms with E-state index in [9.17, 15) is 5.11 Å². The third-order valence-corrected chi connectivity index (χ3v) is 13.6. The van der Waals surface area contributed by atoms with Crippen LogP contribution in [-0.4, -0.2) is 25.6 Å². The van der Waals surface area contributed by atoms with Gasteiger partial charge in [-0.15, -0.1) is 0 Å². The van der Waals surface area contributed by atoms with E-state index in [1.54, 1.807) is 5.57 Å². The van der Waals surface area contributed by atoms with Crippen LogP contribution in [-0.2, 0) is 4.43 Å². The first-order valence-electron chi connectivity index (χ1n) is 12.3. The Bertz CT molecular complexity index is 709. The van der Waals surface area contributed by atoms with Crippen LogP contribution in [0.1, 0.15) is 86.0 Å². The molecule has 0 bridgehead atoms. The molecule has 0 radical (unpaired) electrons. The molecular weight excluding hydrogens is 384 g/mol. The van der Waals surface area contributed by atoms with Crippen molar-refractivity contribution in [1.29, 1.82) is 0 Å². The van der Waals surface area contributed by atoms with E-state index < -0.39 is 8.32 Å². The zero-order chi connectivity index (χ0) is 22.3. The zero-order valence-corrected chi connectivity index (χ0v) is 21.7. The topological polar surface area (TPSA) is 29.5 Å². The van der Waals surface area contributed by atoms with Gasteiger partial charge in [0.05, 0.1) is 6.10 Å². The minimum Gasteiger partial charge on any atom is -0.414 e. The standard InChI is InChI=1S/C27H46O2Si/c1-19-11-14-23(29-30(7,8)26(3,4)5)18-22(19)13-12-21-10-9-17-27(6)24(20(2)28)15-16-25(21)27/h12-13,20,23-25,28H,1,9-11,14-18H2,2-8H3/b21-12+,22-13+/t20-,23?,24+,25-,27+/m0/s1. The molecule has 0 aromatic heterocycles. The molecule has 0 aromatic rings. The molecule has 170 valence electrons. The molecule has 3 rings (SSSR count). The van der Waals surface area contributed by atoms with Crippen molar-refractivity contribution in [2.24, 2.45) is 17.3 Å². The van der Waals surface area contributed by atoms with Gasteiger partial charge in [0.2, 0.25) is 0 Å². The van der Waals surface area contributed by atoms with Crippen molar-refractivity contribution in [2.75, 3.05) is 0 Å². The lowest BCUT2D eigenvalue weighted by Gasteiger charge is -2.43. The summed E-state index contributed by atoms with van der Waals surface area (Å²) >= 11 is 0. The smallest absolute Gasteiger partial charge is 0.192 e. The normalized spacial score (nSPS) is 36.9. The highest BCUT2D eigenvalue weighted by Crippen LogP contribution is 2.58. The lowest BCUT2D eigenvalue weighted by Crippen LogP contribution is -2.44. The van der Waals surface area contributed by atoms with Crippen LogP contribution in [0.3, 0.4) is 0 Å². The van der Waals surface area contributed by atoms with Gasteiger partial charge in [0, 0.05) is 6.10 Å². The Morgan fingerprint density at radius 2 is 1.87 bits per heavy atom. The number of rotatable bonds is 4. The van der Waals surface area contributed by atoms with Crippen LogP contribution in [0.25, 0.3) is 0 Å². The summed E-state index contributed by atoms with van der Waals surface area (Å²) in [5.74, 6) is 1.09. The number of aliphatic hydroxyl groups excluding tert-OH is 1. The second-order valence-corrected chi connectivity index (χ2v) is 16.9. The summed E-state index contributed by atoms with van der Waals surface area (Å²) in [6.07, 6.45) is 14.3. The third-order valence-electron chi connectivity index (χ3n) is 9.06. The monoisotopic (exact) mass is 430 g/mol. The molecule has 0 aliphatic heterocycles. The molecule has 0 saturated heterocycles. The van der Waals surface area contributed by atoms with Crippen LogP contribution in [0.4, 0.5) is 0 Å². The number of hydrogen-bond donors (Lipinski definition) is 1. The minimum atomic E-state index is -1.74. The van der Waals surface area contributed by atoms with Gasteiger partial charge < -0.3 is 9.53 Å². The van der Waals surface area contributed by atoms with Gasteiger partial charge in [0.25, 0.3) is 0 Å². The number of hydrogen-bond acceptors (Lipinski definition) is 2. The highest BCUT2D eigenvalue weighted by Gasteiger charge is 2.50. The van der Waals surface area contributed by atoms with Gasteiger partial charge in [-0.3, -0.25) is 0 Å². The summed E-state index contributed by atoms with van der Waals surface area (Å²) in [4.78, 5) is 0. The Labute approximate surface area is 187 Å². The molecule has 0 amide bonds. The van der Waals surface area contributed by atoms with E-state index in [2.05, 4.69) is 59.5 Å². The van der Waals surface area contributed by atoms with Crippen molar-refractivity contribution in [3.63, 3.8) is 0 Å². The van der Waals surface area contributed by atoms with Crippen LogP contribution >= 0.6 is 0 Å². The van der Waals surface area contributed by atoms with Gasteiger partial charge in [-0.25, -0.2) is 0 Å². The maximum Gasteiger partial charge on any atom is 0.192 e. The fourth-order valence-electron chi connectivity index (χ4n) is 6.15. The predicted molar refractivity (Wildman–Crippen MR) is 131 cm³/mol. The Morgan fingerprint density at radius 1 is 1.17 bits per heavy atom. The van der Waals surface area contributed by atoms with E-state index in [1.807, 2.05) is 6.92 Å². The molecule has 3 fully saturated rings. The van der Waals surface area contributed by atoms with Crippen molar-refractivity contribution >= 4 is 8.32 Å². The van der Waals surface area contributed by atoms with Gasteiger partial charge in [-0.05, 0) is 99.2 Å². The average molecular weight is 431 g/mol. The lowest BCUT2D eigenvalue weighted by molar-refractivity contribution is 0.0302. The summed E-state index contributed by atoms with van der Waals surface area (Å²) in [6, 6.07) is 0. The summed E-state index contributed by atoms with van der Waals surface area (Å²) in [5.41, 5.74) is 4.58. The second kappa shape index (κ2) is 8.71. The molecule has 30 heavy (non-hydrogen) atoms. The van der Waals surface area contributed by atoms with Crippen molar-refractivity contribution in [3.8, 4) is 0 Å². The van der Waals surface area contributed by atoms with Crippen LogP contribution in [0, 0.1) is 17.3 Å². The molecule has 1 N–H and O–H groups in total. The molecule has 2 nitrogen and oxygen atoms in total. The highest BCUT2D eigenvalue weighted by atomic mass is 28.4. The Balaban J connectivity index is 1.75. The van der Waals surface area contributed by atoms with Crippen LogP contribution < -0.4 is 0 Å². The number of aliphatic hydroxyl groups is 1. The highest BCUT2D eigenvalue weighted by molar-refractivity contribution is 6.74. The fourth-order valence-corrected chi connectivity index (χ4v) is 7.54. The van der Waals surface area contributed by atoms with Gasteiger partial charge in [0.1, 0.15) is 0 Å². The number of allylic oxidation sites excluding steroid dienone is 4. The maximum atomic E-state index is 10.3. The van der Waals surface area contributed by atoms with E-state index in [1.165, 1.54) is 43.3 Å². The van der Waals surface area contributed by atoms with Gasteiger partial charge in [-0.2, -0.15) is 0 Å². The molecule has 3 aliphatic carbocycles. The van der Waals surface area contributed by atoms with Crippen LogP contribution in [0.15, 0.2) is 35.5 Å². The van der Waals surface area contributed by atoms with Crippen molar-refractivity contribution in [1.82, 2.24) is 0 Å². The van der Waals surface area contributed by atoms with Gasteiger partial charge in [-0.1, -0.05) is 57.6 Å².